The number of nitrogens with one attached hydrogen (secondary N) is 1. The van der Waals surface area contributed by atoms with Gasteiger partial charge in [-0.2, -0.15) is 0 Å². The highest BCUT2D eigenvalue weighted by molar-refractivity contribution is 7.92. The lowest BCUT2D eigenvalue weighted by Crippen LogP contribution is -2.54. The Morgan fingerprint density at radius 3 is 2.05 bits per heavy atom. The van der Waals surface area contributed by atoms with Crippen molar-refractivity contribution in [3.05, 3.63) is 94.5 Å². The molecule has 40 heavy (non-hydrogen) atoms. The van der Waals surface area contributed by atoms with E-state index < -0.39 is 34.1 Å². The molecule has 3 rings (SSSR count). The minimum Gasteiger partial charge on any atom is -0.350 e. The molecule has 0 bridgehead atoms. The second kappa shape index (κ2) is 12.3. The van der Waals surface area contributed by atoms with Crippen molar-refractivity contribution in [3.63, 3.8) is 0 Å². The summed E-state index contributed by atoms with van der Waals surface area (Å²) in [5.41, 5.74) is 4.59. The van der Waals surface area contributed by atoms with Gasteiger partial charge >= 0.3 is 0 Å². The maximum atomic E-state index is 14.1. The van der Waals surface area contributed by atoms with Gasteiger partial charge in [0, 0.05) is 12.1 Å². The molecule has 1 atom stereocenters. The molecule has 3 aromatic rings. The van der Waals surface area contributed by atoms with Gasteiger partial charge in [-0.1, -0.05) is 48.0 Å². The number of anilines is 1. The summed E-state index contributed by atoms with van der Waals surface area (Å²) in [4.78, 5) is 28.9. The number of carbonyl (C=O) groups excluding carboxylic acids is 2. The van der Waals surface area contributed by atoms with Crippen LogP contribution in [0.25, 0.3) is 0 Å². The lowest BCUT2D eigenvalue weighted by atomic mass is 10.1. The summed E-state index contributed by atoms with van der Waals surface area (Å²) in [5, 5.41) is 2.95. The second-order valence-corrected chi connectivity index (χ2v) is 13.3. The lowest BCUT2D eigenvalue weighted by Gasteiger charge is -2.34. The molecule has 2 amide bonds. The maximum absolute atomic E-state index is 14.1. The Kier molecular flexibility index (Phi) is 9.46. The molecule has 0 radical (unpaired) electrons. The molecule has 214 valence electrons. The Balaban J connectivity index is 2.08. The third-order valence-corrected chi connectivity index (χ3v) is 8.72. The topological polar surface area (TPSA) is 86.8 Å². The molecule has 0 unspecified atom stereocenters. The molecule has 7 nitrogen and oxygen atoms in total. The van der Waals surface area contributed by atoms with Crippen LogP contribution in [0.1, 0.15) is 55.5 Å². The van der Waals surface area contributed by atoms with E-state index in [1.807, 2.05) is 78.8 Å². The number of hydrogen-bond donors (Lipinski definition) is 1. The summed E-state index contributed by atoms with van der Waals surface area (Å²) < 4.78 is 29.1. The van der Waals surface area contributed by atoms with Gasteiger partial charge < -0.3 is 10.2 Å². The van der Waals surface area contributed by atoms with Crippen molar-refractivity contribution in [3.8, 4) is 0 Å². The van der Waals surface area contributed by atoms with Crippen LogP contribution >= 0.6 is 0 Å². The zero-order chi connectivity index (χ0) is 29.8. The van der Waals surface area contributed by atoms with E-state index in [4.69, 9.17) is 0 Å². The zero-order valence-electron chi connectivity index (χ0n) is 24.8. The summed E-state index contributed by atoms with van der Waals surface area (Å²) in [5.74, 6) is -0.790. The van der Waals surface area contributed by atoms with Crippen molar-refractivity contribution in [2.75, 3.05) is 10.8 Å². The predicted molar refractivity (Wildman–Crippen MR) is 161 cm³/mol. The van der Waals surface area contributed by atoms with Crippen LogP contribution in [-0.2, 0) is 26.2 Å². The molecule has 0 aliphatic carbocycles. The number of sulfonamides is 1. The van der Waals surface area contributed by atoms with Gasteiger partial charge in [0.25, 0.3) is 10.0 Å². The van der Waals surface area contributed by atoms with Gasteiger partial charge in [-0.3, -0.25) is 13.9 Å². The number of rotatable bonds is 9. The van der Waals surface area contributed by atoms with Crippen LogP contribution in [0.3, 0.4) is 0 Å². The Hall–Kier alpha value is -3.65. The summed E-state index contributed by atoms with van der Waals surface area (Å²) in [6.07, 6.45) is 0. The van der Waals surface area contributed by atoms with E-state index in [2.05, 4.69) is 5.32 Å². The summed E-state index contributed by atoms with van der Waals surface area (Å²) in [6, 6.07) is 18.7. The molecule has 1 N–H and O–H groups in total. The minimum atomic E-state index is -4.10. The first-order chi connectivity index (χ1) is 18.6. The van der Waals surface area contributed by atoms with E-state index in [-0.39, 0.29) is 17.3 Å². The Morgan fingerprint density at radius 2 is 1.48 bits per heavy atom. The van der Waals surface area contributed by atoms with E-state index in [1.165, 1.54) is 4.90 Å². The van der Waals surface area contributed by atoms with Crippen LogP contribution in [0.15, 0.2) is 71.6 Å². The van der Waals surface area contributed by atoms with Gasteiger partial charge in [0.05, 0.1) is 10.6 Å². The van der Waals surface area contributed by atoms with Gasteiger partial charge in [0.1, 0.15) is 12.6 Å². The fraction of sp³-hybridized carbons (Fsp3) is 0.375. The van der Waals surface area contributed by atoms with Crippen molar-refractivity contribution < 1.29 is 18.0 Å². The second-order valence-electron chi connectivity index (χ2n) is 11.5. The summed E-state index contributed by atoms with van der Waals surface area (Å²) in [7, 11) is -4.10. The first-order valence-corrected chi connectivity index (χ1v) is 14.9. The monoisotopic (exact) mass is 563 g/mol. The number of carbonyl (C=O) groups is 2. The van der Waals surface area contributed by atoms with Crippen molar-refractivity contribution in [2.24, 2.45) is 0 Å². The van der Waals surface area contributed by atoms with Crippen LogP contribution in [0.2, 0.25) is 0 Å². The smallest absolute Gasteiger partial charge is 0.264 e. The zero-order valence-corrected chi connectivity index (χ0v) is 25.6. The first-order valence-electron chi connectivity index (χ1n) is 13.4. The molecule has 0 fully saturated rings. The summed E-state index contributed by atoms with van der Waals surface area (Å²) in [6.45, 7) is 14.7. The average Bonchev–Trinajstić information content (AvgIpc) is 2.87. The normalized spacial score (nSPS) is 12.5. The van der Waals surface area contributed by atoms with E-state index in [1.54, 1.807) is 43.3 Å². The molecule has 0 aliphatic rings. The highest BCUT2D eigenvalue weighted by Crippen LogP contribution is 2.27. The van der Waals surface area contributed by atoms with Crippen LogP contribution in [0.4, 0.5) is 5.69 Å². The quantitative estimate of drug-likeness (QED) is 0.375. The van der Waals surface area contributed by atoms with E-state index in [0.717, 1.165) is 32.1 Å². The maximum Gasteiger partial charge on any atom is 0.264 e. The molecule has 0 spiro atoms. The molecule has 0 saturated carbocycles. The Labute approximate surface area is 239 Å². The highest BCUT2D eigenvalue weighted by Gasteiger charge is 2.33. The van der Waals surface area contributed by atoms with Crippen molar-refractivity contribution in [2.45, 2.75) is 78.4 Å². The molecular weight excluding hydrogens is 522 g/mol. The number of amides is 2. The SMILES string of the molecule is Cc1ccc(S(=O)(=O)N(CC(=O)N(Cc2ccccc2C)[C@H](C)C(=O)NC(C)(C)C)c2ccc(C)c(C)c2)cc1. The average molecular weight is 564 g/mol. The van der Waals surface area contributed by atoms with Crippen LogP contribution in [0, 0.1) is 27.7 Å². The number of nitrogens with zero attached hydrogens (tertiary/aromatic N) is 2. The largest absolute Gasteiger partial charge is 0.350 e. The summed E-state index contributed by atoms with van der Waals surface area (Å²) >= 11 is 0. The van der Waals surface area contributed by atoms with Gasteiger partial charge in [0.2, 0.25) is 11.8 Å². The van der Waals surface area contributed by atoms with Crippen LogP contribution < -0.4 is 9.62 Å². The van der Waals surface area contributed by atoms with Gasteiger partial charge in [-0.25, -0.2) is 8.42 Å². The van der Waals surface area contributed by atoms with Crippen LogP contribution in [-0.4, -0.2) is 43.3 Å². The molecule has 0 aliphatic heterocycles. The molecule has 3 aromatic carbocycles. The van der Waals surface area contributed by atoms with Crippen molar-refractivity contribution in [1.29, 1.82) is 0 Å². The van der Waals surface area contributed by atoms with Gasteiger partial charge in [-0.05, 0) is 102 Å². The fourth-order valence-electron chi connectivity index (χ4n) is 4.27. The molecule has 0 aromatic heterocycles. The van der Waals surface area contributed by atoms with Crippen molar-refractivity contribution >= 4 is 27.5 Å². The minimum absolute atomic E-state index is 0.0908. The molecule has 0 saturated heterocycles. The Bertz CT molecular complexity index is 1470. The fourth-order valence-corrected chi connectivity index (χ4v) is 5.68. The third-order valence-electron chi connectivity index (χ3n) is 6.93. The standard InChI is InChI=1S/C32H41N3O4S/c1-22-13-17-29(18-14-22)40(38,39)35(28-16-15-23(2)25(4)19-28)21-30(36)34(20-27-12-10-9-11-24(27)3)26(5)31(37)33-32(6,7)8/h9-19,26H,20-21H2,1-8H3,(H,33,37)/t26-/m1/s1. The molecule has 0 heterocycles. The Morgan fingerprint density at radius 1 is 0.850 bits per heavy atom. The number of hydrogen-bond acceptors (Lipinski definition) is 4. The van der Waals surface area contributed by atoms with E-state index >= 15 is 0 Å². The molecule has 8 heteroatoms. The number of benzene rings is 3. The third kappa shape index (κ3) is 7.50. The van der Waals surface area contributed by atoms with E-state index in [0.29, 0.717) is 5.69 Å². The van der Waals surface area contributed by atoms with Gasteiger partial charge in [-0.15, -0.1) is 0 Å². The van der Waals surface area contributed by atoms with Crippen molar-refractivity contribution in [1.82, 2.24) is 10.2 Å². The van der Waals surface area contributed by atoms with E-state index in [9.17, 15) is 18.0 Å². The highest BCUT2D eigenvalue weighted by atomic mass is 32.2. The lowest BCUT2D eigenvalue weighted by molar-refractivity contribution is -0.140. The van der Waals surface area contributed by atoms with Crippen LogP contribution in [0.5, 0.6) is 0 Å². The predicted octanol–water partition coefficient (Wildman–Crippen LogP) is 5.45. The number of aryl methyl sites for hydroxylation is 4. The molecular formula is C32H41N3O4S. The first kappa shape index (κ1) is 30.9. The van der Waals surface area contributed by atoms with Gasteiger partial charge in [0.15, 0.2) is 0 Å².